The van der Waals surface area contributed by atoms with Gasteiger partial charge in [-0.1, -0.05) is 19.1 Å². The Morgan fingerprint density at radius 3 is 2.79 bits per heavy atom. The summed E-state index contributed by atoms with van der Waals surface area (Å²) in [5.74, 6) is -1.02. The van der Waals surface area contributed by atoms with Crippen LogP contribution in [-0.2, 0) is 14.3 Å². The van der Waals surface area contributed by atoms with Gasteiger partial charge in [0, 0.05) is 16.7 Å². The zero-order valence-electron chi connectivity index (χ0n) is 13.8. The number of ether oxygens (including phenoxy) is 1. The molecule has 0 saturated carbocycles. The topological polar surface area (TPSA) is 75.7 Å². The molecule has 0 spiro atoms. The van der Waals surface area contributed by atoms with Crippen molar-refractivity contribution in [1.29, 1.82) is 0 Å². The van der Waals surface area contributed by atoms with Crippen molar-refractivity contribution in [3.63, 3.8) is 0 Å². The van der Waals surface area contributed by atoms with Crippen molar-refractivity contribution in [2.45, 2.75) is 38.8 Å². The second-order valence-corrected chi connectivity index (χ2v) is 6.86. The van der Waals surface area contributed by atoms with Crippen LogP contribution in [0.3, 0.4) is 0 Å². The molecule has 7 heteroatoms. The quantitative estimate of drug-likeness (QED) is 0.557. The van der Waals surface area contributed by atoms with Gasteiger partial charge >= 0.3 is 5.97 Å². The first-order valence-corrected chi connectivity index (χ1v) is 9.04. The molecule has 0 aromatic heterocycles. The van der Waals surface area contributed by atoms with Crippen LogP contribution in [0.5, 0.6) is 0 Å². The maximum atomic E-state index is 12.8. The summed E-state index contributed by atoms with van der Waals surface area (Å²) in [6, 6.07) is 6.36. The van der Waals surface area contributed by atoms with Gasteiger partial charge in [0.25, 0.3) is 5.91 Å². The molecule has 1 heterocycles. The Balaban J connectivity index is 2.17. The molecule has 1 aliphatic heterocycles. The van der Waals surface area contributed by atoms with Gasteiger partial charge in [0.1, 0.15) is 6.04 Å². The maximum absolute atomic E-state index is 12.8. The molecular weight excluding hydrogens is 423 g/mol. The molecule has 0 bridgehead atoms. The summed E-state index contributed by atoms with van der Waals surface area (Å²) < 4.78 is 6.06. The van der Waals surface area contributed by atoms with E-state index in [1.54, 1.807) is 19.1 Å². The van der Waals surface area contributed by atoms with Crippen molar-refractivity contribution in [2.75, 3.05) is 13.1 Å². The Hall–Kier alpha value is -1.64. The van der Waals surface area contributed by atoms with Crippen molar-refractivity contribution < 1.29 is 19.1 Å². The number of hydrogen-bond donors (Lipinski definition) is 1. The molecule has 0 radical (unpaired) electrons. The van der Waals surface area contributed by atoms with Crippen LogP contribution in [0.15, 0.2) is 24.3 Å². The lowest BCUT2D eigenvalue weighted by molar-refractivity contribution is -0.151. The highest BCUT2D eigenvalue weighted by Gasteiger charge is 2.36. The van der Waals surface area contributed by atoms with Gasteiger partial charge in [-0.3, -0.25) is 14.4 Å². The number of nitrogens with zero attached hydrogens (tertiary/aromatic N) is 1. The smallest absolute Gasteiger partial charge is 0.308 e. The number of halogens is 1. The summed E-state index contributed by atoms with van der Waals surface area (Å²) in [5, 5.41) is 2.71. The normalized spacial score (nSPS) is 18.7. The Kier molecular flexibility index (Phi) is 6.59. The second-order valence-electron chi connectivity index (χ2n) is 5.70. The summed E-state index contributed by atoms with van der Waals surface area (Å²) in [7, 11) is 0. The van der Waals surface area contributed by atoms with Gasteiger partial charge in [-0.25, -0.2) is 0 Å². The molecule has 1 fully saturated rings. The van der Waals surface area contributed by atoms with E-state index in [0.29, 0.717) is 25.1 Å². The van der Waals surface area contributed by atoms with Crippen molar-refractivity contribution in [1.82, 2.24) is 10.2 Å². The van der Waals surface area contributed by atoms with Gasteiger partial charge in [0.15, 0.2) is 0 Å². The van der Waals surface area contributed by atoms with Gasteiger partial charge in [-0.05, 0) is 48.1 Å². The molecule has 1 aliphatic rings. The number of nitrogens with one attached hydrogen (secondary N) is 1. The Morgan fingerprint density at radius 1 is 1.42 bits per heavy atom. The second kappa shape index (κ2) is 8.46. The fourth-order valence-corrected chi connectivity index (χ4v) is 3.08. The monoisotopic (exact) mass is 444 g/mol. The van der Waals surface area contributed by atoms with Crippen molar-refractivity contribution in [2.24, 2.45) is 0 Å². The van der Waals surface area contributed by atoms with Crippen LogP contribution in [0.1, 0.15) is 37.0 Å². The van der Waals surface area contributed by atoms with Crippen LogP contribution in [0.2, 0.25) is 0 Å². The van der Waals surface area contributed by atoms with E-state index in [4.69, 9.17) is 4.74 Å². The van der Waals surface area contributed by atoms with E-state index >= 15 is 0 Å². The first kappa shape index (κ1) is 18.7. The Bertz CT molecular complexity index is 635. The molecule has 0 aliphatic carbocycles. The lowest BCUT2D eigenvalue weighted by Crippen LogP contribution is -2.58. The zero-order valence-corrected chi connectivity index (χ0v) is 15.9. The third-order valence-electron chi connectivity index (χ3n) is 3.96. The van der Waals surface area contributed by atoms with E-state index in [-0.39, 0.29) is 24.3 Å². The molecule has 6 nitrogen and oxygen atoms in total. The summed E-state index contributed by atoms with van der Waals surface area (Å²) in [5.41, 5.74) is 0.535. The van der Waals surface area contributed by atoms with Crippen LogP contribution in [0.25, 0.3) is 0 Å². The molecule has 2 rings (SSSR count). The molecule has 1 N–H and O–H groups in total. The summed E-state index contributed by atoms with van der Waals surface area (Å²) in [6.07, 6.45) is 0.363. The van der Waals surface area contributed by atoms with Crippen LogP contribution in [-0.4, -0.2) is 47.9 Å². The Morgan fingerprint density at radius 2 is 2.12 bits per heavy atom. The standard InChI is InChI=1S/C17H21IN2O4/c1-3-11(2)24-15(21)10-14-16(22)19-8-9-20(14)17(23)12-6-4-5-7-13(12)18/h4-7,11,14H,3,8-10H2,1-2H3,(H,19,22). The van der Waals surface area contributed by atoms with Crippen molar-refractivity contribution >= 4 is 40.4 Å². The van der Waals surface area contributed by atoms with Crippen LogP contribution < -0.4 is 5.32 Å². The Labute approximate surface area is 155 Å². The molecule has 2 amide bonds. The third-order valence-corrected chi connectivity index (χ3v) is 4.90. The average molecular weight is 444 g/mol. The van der Waals surface area contributed by atoms with Crippen molar-refractivity contribution in [3.05, 3.63) is 33.4 Å². The molecule has 1 aromatic rings. The predicted octanol–water partition coefficient (Wildman–Crippen LogP) is 1.96. The fourth-order valence-electron chi connectivity index (χ4n) is 2.46. The van der Waals surface area contributed by atoms with Gasteiger partial charge in [-0.15, -0.1) is 0 Å². The van der Waals surface area contributed by atoms with E-state index in [1.807, 2.05) is 19.1 Å². The summed E-state index contributed by atoms with van der Waals surface area (Å²) in [4.78, 5) is 38.5. The van der Waals surface area contributed by atoms with Crippen LogP contribution in [0, 0.1) is 3.57 Å². The molecule has 2 atom stereocenters. The molecule has 2 unspecified atom stereocenters. The first-order valence-electron chi connectivity index (χ1n) is 7.96. The number of rotatable bonds is 5. The highest BCUT2D eigenvalue weighted by Crippen LogP contribution is 2.19. The summed E-state index contributed by atoms with van der Waals surface area (Å²) in [6.45, 7) is 4.47. The lowest BCUT2D eigenvalue weighted by atomic mass is 10.1. The molecule has 130 valence electrons. The molecule has 1 saturated heterocycles. The van der Waals surface area contributed by atoms with Crippen molar-refractivity contribution in [3.8, 4) is 0 Å². The molecule has 1 aromatic carbocycles. The number of carbonyl (C=O) groups is 3. The van der Waals surface area contributed by atoms with E-state index < -0.39 is 12.0 Å². The number of esters is 1. The summed E-state index contributed by atoms with van der Waals surface area (Å²) >= 11 is 2.09. The van der Waals surface area contributed by atoms with Gasteiger partial charge in [0.05, 0.1) is 18.1 Å². The highest BCUT2D eigenvalue weighted by atomic mass is 127. The van der Waals surface area contributed by atoms with E-state index in [9.17, 15) is 14.4 Å². The number of amides is 2. The molecule has 24 heavy (non-hydrogen) atoms. The molecular formula is C17H21IN2O4. The van der Waals surface area contributed by atoms with Gasteiger partial charge in [0.2, 0.25) is 5.91 Å². The van der Waals surface area contributed by atoms with Gasteiger partial charge in [-0.2, -0.15) is 0 Å². The van der Waals surface area contributed by atoms with E-state index in [2.05, 4.69) is 27.9 Å². The lowest BCUT2D eigenvalue weighted by Gasteiger charge is -2.35. The third kappa shape index (κ3) is 4.46. The maximum Gasteiger partial charge on any atom is 0.308 e. The van der Waals surface area contributed by atoms with Crippen LogP contribution in [0.4, 0.5) is 0 Å². The number of hydrogen-bond acceptors (Lipinski definition) is 4. The minimum absolute atomic E-state index is 0.134. The minimum Gasteiger partial charge on any atom is -0.463 e. The average Bonchev–Trinajstić information content (AvgIpc) is 2.56. The minimum atomic E-state index is -0.834. The van der Waals surface area contributed by atoms with Crippen LogP contribution >= 0.6 is 22.6 Å². The SMILES string of the molecule is CCC(C)OC(=O)CC1C(=O)NCCN1C(=O)c1ccccc1I. The largest absolute Gasteiger partial charge is 0.463 e. The van der Waals surface area contributed by atoms with E-state index in [0.717, 1.165) is 3.57 Å². The zero-order chi connectivity index (χ0) is 17.7. The highest BCUT2D eigenvalue weighted by molar-refractivity contribution is 14.1. The first-order chi connectivity index (χ1) is 11.4. The number of carbonyl (C=O) groups excluding carboxylic acids is 3. The number of piperazine rings is 1. The predicted molar refractivity (Wildman–Crippen MR) is 97.5 cm³/mol. The fraction of sp³-hybridized carbons (Fsp3) is 0.471. The number of benzene rings is 1. The van der Waals surface area contributed by atoms with E-state index in [1.165, 1.54) is 4.90 Å². The van der Waals surface area contributed by atoms with Gasteiger partial charge < -0.3 is 15.0 Å².